The van der Waals surface area contributed by atoms with Gasteiger partial charge in [-0.25, -0.2) is 4.98 Å². The van der Waals surface area contributed by atoms with Crippen LogP contribution < -0.4 is 15.4 Å². The van der Waals surface area contributed by atoms with Gasteiger partial charge in [0.1, 0.15) is 36.8 Å². The van der Waals surface area contributed by atoms with E-state index in [4.69, 9.17) is 9.72 Å². The van der Waals surface area contributed by atoms with E-state index in [1.54, 1.807) is 0 Å². The number of aromatic hydroxyl groups is 1. The number of fused-ring (bicyclic) bond motifs is 2. The zero-order valence-corrected chi connectivity index (χ0v) is 23.6. The Kier molecular flexibility index (Phi) is 7.31. The Labute approximate surface area is 238 Å². The number of amides is 1. The molecule has 0 spiro atoms. The van der Waals surface area contributed by atoms with Crippen molar-refractivity contribution in [1.82, 2.24) is 30.1 Å². The van der Waals surface area contributed by atoms with Crippen LogP contribution in [0.2, 0.25) is 0 Å². The van der Waals surface area contributed by atoms with Crippen molar-refractivity contribution in [3.63, 3.8) is 0 Å². The predicted molar refractivity (Wildman–Crippen MR) is 158 cm³/mol. The van der Waals surface area contributed by atoms with E-state index in [9.17, 15) is 15.0 Å². The van der Waals surface area contributed by atoms with Gasteiger partial charge in [-0.2, -0.15) is 0 Å². The van der Waals surface area contributed by atoms with Crippen molar-refractivity contribution in [1.29, 1.82) is 0 Å². The van der Waals surface area contributed by atoms with Gasteiger partial charge in [0.25, 0.3) is 0 Å². The summed E-state index contributed by atoms with van der Waals surface area (Å²) < 4.78 is 7.79. The molecule has 11 nitrogen and oxygen atoms in total. The summed E-state index contributed by atoms with van der Waals surface area (Å²) in [6.07, 6.45) is 3.17. The molecule has 1 amide bonds. The highest BCUT2D eigenvalue weighted by molar-refractivity contribution is 6.09. The number of carbonyl (C=O) groups excluding carboxylic acids is 1. The topological polar surface area (TPSA) is 140 Å². The second kappa shape index (κ2) is 11.1. The Morgan fingerprint density at radius 3 is 2.78 bits per heavy atom. The van der Waals surface area contributed by atoms with Crippen molar-refractivity contribution in [2.45, 2.75) is 44.8 Å². The number of nitrogens with zero attached hydrogens (tertiary/aromatic N) is 4. The molecule has 2 aliphatic heterocycles. The number of amidine groups is 1. The second-order valence-corrected chi connectivity index (χ2v) is 11.3. The molecule has 0 radical (unpaired) electrons. The average Bonchev–Trinajstić information content (AvgIpc) is 3.50. The van der Waals surface area contributed by atoms with Gasteiger partial charge in [-0.15, -0.1) is 0 Å². The van der Waals surface area contributed by atoms with E-state index < -0.39 is 12.0 Å². The Hall–Kier alpha value is -4.09. The zero-order valence-electron chi connectivity index (χ0n) is 23.6. The molecule has 2 atom stereocenters. The summed E-state index contributed by atoms with van der Waals surface area (Å²) in [5, 5.41) is 29.2. The minimum Gasteiger partial charge on any atom is -0.494 e. The molecule has 11 heteroatoms. The number of piperidine rings is 1. The lowest BCUT2D eigenvalue weighted by Gasteiger charge is -2.30. The molecule has 4 aromatic rings. The number of aromatic nitrogens is 3. The minimum absolute atomic E-state index is 0.0995. The van der Waals surface area contributed by atoms with Crippen LogP contribution in [0.1, 0.15) is 41.8 Å². The standard InChI is InChI=1S/C30H37N7O4/c1-17-4-5-25(18(2)10-17)41-15-21(38)13-31-27-26(29(39)33-16-32-27)28-34-23-11-19-14-37(20-6-8-36(3)9-7-20)30(40)22(19)12-24(23)35-28/h4-5,10-12,14,20-21,26,38,40H,6-9,13,15-16H2,1-3H3,(H,31,32)(H,33,39)(H,34,35)/t21-,26?/m1/s1. The molecule has 216 valence electrons. The van der Waals surface area contributed by atoms with E-state index in [1.807, 2.05) is 54.9 Å². The molecule has 0 saturated carbocycles. The van der Waals surface area contributed by atoms with E-state index in [2.05, 4.69) is 32.6 Å². The first-order valence-electron chi connectivity index (χ1n) is 14.1. The minimum atomic E-state index is -0.816. The molecule has 0 aliphatic carbocycles. The molecule has 41 heavy (non-hydrogen) atoms. The van der Waals surface area contributed by atoms with E-state index in [-0.39, 0.29) is 37.6 Å². The molecule has 4 heterocycles. The first-order chi connectivity index (χ1) is 19.8. The Morgan fingerprint density at radius 1 is 1.20 bits per heavy atom. The van der Waals surface area contributed by atoms with Crippen molar-refractivity contribution in [2.75, 3.05) is 40.0 Å². The second-order valence-electron chi connectivity index (χ2n) is 11.3. The number of hydrogen-bond acceptors (Lipinski definition) is 8. The van der Waals surface area contributed by atoms with Crippen LogP contribution in [0.15, 0.2) is 41.5 Å². The van der Waals surface area contributed by atoms with Gasteiger partial charge < -0.3 is 40.0 Å². The summed E-state index contributed by atoms with van der Waals surface area (Å²) in [7, 11) is 2.12. The monoisotopic (exact) mass is 559 g/mol. The maximum absolute atomic E-state index is 13.0. The summed E-state index contributed by atoms with van der Waals surface area (Å²) in [5.74, 6) is 0.837. The number of imidazole rings is 1. The number of aryl methyl sites for hydroxylation is 2. The van der Waals surface area contributed by atoms with E-state index in [0.717, 1.165) is 59.1 Å². The number of carbonyl (C=O) groups is 1. The van der Waals surface area contributed by atoms with Crippen LogP contribution in [-0.2, 0) is 4.79 Å². The molecule has 5 N–H and O–H groups in total. The lowest BCUT2D eigenvalue weighted by molar-refractivity contribution is -0.121. The smallest absolute Gasteiger partial charge is 0.239 e. The van der Waals surface area contributed by atoms with Crippen LogP contribution in [0.3, 0.4) is 0 Å². The van der Waals surface area contributed by atoms with Crippen molar-refractivity contribution in [2.24, 2.45) is 4.99 Å². The van der Waals surface area contributed by atoms with E-state index in [1.165, 1.54) is 0 Å². The van der Waals surface area contributed by atoms with Crippen LogP contribution in [-0.4, -0.2) is 87.5 Å². The SMILES string of the molecule is Cc1ccc(OC[C@H](O)CNC2=NCNC(=O)C2c2nc3cc4c(O)n(C5CCN(C)CC5)cc4cc3[nH]2)c(C)c1. The van der Waals surface area contributed by atoms with Crippen LogP contribution >= 0.6 is 0 Å². The molecule has 2 aromatic carbocycles. The Morgan fingerprint density at radius 2 is 2.00 bits per heavy atom. The van der Waals surface area contributed by atoms with Crippen molar-refractivity contribution in [3.05, 3.63) is 53.5 Å². The zero-order chi connectivity index (χ0) is 28.7. The third-order valence-corrected chi connectivity index (χ3v) is 8.11. The fraction of sp³-hybridized carbons (Fsp3) is 0.433. The summed E-state index contributed by atoms with van der Waals surface area (Å²) in [5.41, 5.74) is 3.58. The lowest BCUT2D eigenvalue weighted by atomic mass is 10.1. The quantitative estimate of drug-likeness (QED) is 0.235. The summed E-state index contributed by atoms with van der Waals surface area (Å²) >= 11 is 0. The number of aliphatic hydroxyl groups excluding tert-OH is 1. The van der Waals surface area contributed by atoms with Gasteiger partial charge in [-0.3, -0.25) is 9.79 Å². The third kappa shape index (κ3) is 5.47. The first-order valence-corrected chi connectivity index (χ1v) is 14.1. The van der Waals surface area contributed by atoms with Crippen LogP contribution in [0.4, 0.5) is 0 Å². The number of aromatic amines is 1. The highest BCUT2D eigenvalue weighted by Gasteiger charge is 2.32. The van der Waals surface area contributed by atoms with Crippen LogP contribution in [0, 0.1) is 13.8 Å². The number of rotatable bonds is 7. The summed E-state index contributed by atoms with van der Waals surface area (Å²) in [6.45, 7) is 6.40. The largest absolute Gasteiger partial charge is 0.494 e. The average molecular weight is 560 g/mol. The number of H-pyrrole nitrogens is 1. The number of ether oxygens (including phenoxy) is 1. The number of hydrogen-bond donors (Lipinski definition) is 5. The number of nitrogens with one attached hydrogen (secondary N) is 3. The number of benzene rings is 2. The predicted octanol–water partition coefficient (Wildman–Crippen LogP) is 2.71. The maximum Gasteiger partial charge on any atom is 0.239 e. The molecule has 1 saturated heterocycles. The molecule has 1 fully saturated rings. The van der Waals surface area contributed by atoms with Crippen LogP contribution in [0.5, 0.6) is 11.6 Å². The summed E-state index contributed by atoms with van der Waals surface area (Å²) in [4.78, 5) is 27.8. The Balaban J connectivity index is 1.17. The van der Waals surface area contributed by atoms with Gasteiger partial charge in [-0.1, -0.05) is 17.7 Å². The highest BCUT2D eigenvalue weighted by atomic mass is 16.5. The molecule has 2 aromatic heterocycles. The van der Waals surface area contributed by atoms with Gasteiger partial charge in [0, 0.05) is 29.6 Å². The first kappa shape index (κ1) is 27.1. The molecule has 1 unspecified atom stereocenters. The number of likely N-dealkylation sites (tertiary alicyclic amines) is 1. The van der Waals surface area contributed by atoms with E-state index in [0.29, 0.717) is 17.2 Å². The Bertz CT molecular complexity index is 1620. The molecule has 0 bridgehead atoms. The van der Waals surface area contributed by atoms with Crippen molar-refractivity contribution in [3.8, 4) is 11.6 Å². The molecular formula is C30H37N7O4. The molecule has 2 aliphatic rings. The van der Waals surface area contributed by atoms with Gasteiger partial charge in [0.05, 0.1) is 11.0 Å². The molecule has 6 rings (SSSR count). The van der Waals surface area contributed by atoms with Gasteiger partial charge >= 0.3 is 0 Å². The summed E-state index contributed by atoms with van der Waals surface area (Å²) in [6, 6.07) is 9.99. The lowest BCUT2D eigenvalue weighted by Crippen LogP contribution is -2.47. The third-order valence-electron chi connectivity index (χ3n) is 8.11. The number of aliphatic hydroxyl groups is 1. The molecular weight excluding hydrogens is 522 g/mol. The van der Waals surface area contributed by atoms with Gasteiger partial charge in [0.15, 0.2) is 11.8 Å². The highest BCUT2D eigenvalue weighted by Crippen LogP contribution is 2.36. The van der Waals surface area contributed by atoms with Gasteiger partial charge in [-0.05, 0) is 70.6 Å². The number of aliphatic imine (C=N–C) groups is 1. The normalized spacial score (nSPS) is 19.4. The fourth-order valence-electron chi connectivity index (χ4n) is 5.79. The maximum atomic E-state index is 13.0. The van der Waals surface area contributed by atoms with Crippen molar-refractivity contribution < 1.29 is 19.7 Å². The van der Waals surface area contributed by atoms with Crippen molar-refractivity contribution >= 4 is 33.5 Å². The van der Waals surface area contributed by atoms with Crippen LogP contribution in [0.25, 0.3) is 21.8 Å². The fourth-order valence-corrected chi connectivity index (χ4v) is 5.79. The van der Waals surface area contributed by atoms with E-state index >= 15 is 0 Å². The van der Waals surface area contributed by atoms with Gasteiger partial charge in [0.2, 0.25) is 5.91 Å².